The van der Waals surface area contributed by atoms with Crippen LogP contribution in [0.4, 0.5) is 5.69 Å². The molecule has 3 heterocycles. The van der Waals surface area contributed by atoms with Crippen LogP contribution in [-0.4, -0.2) is 45.7 Å². The van der Waals surface area contributed by atoms with Gasteiger partial charge >= 0.3 is 5.97 Å². The minimum atomic E-state index is -0.918. The normalized spacial score (nSPS) is 33.7. The smallest absolute Gasteiger partial charge is 0.319 e. The van der Waals surface area contributed by atoms with Gasteiger partial charge in [-0.3, -0.25) is 9.79 Å². The van der Waals surface area contributed by atoms with Gasteiger partial charge in [-0.15, -0.1) is 0 Å². The molecule has 0 amide bonds. The minimum absolute atomic E-state index is 0.149. The third-order valence-electron chi connectivity index (χ3n) is 5.85. The number of benzene rings is 1. The number of aliphatic carboxylic acids is 1. The van der Waals surface area contributed by atoms with E-state index >= 15 is 0 Å². The van der Waals surface area contributed by atoms with E-state index in [-0.39, 0.29) is 5.92 Å². The lowest BCUT2D eigenvalue weighted by Crippen LogP contribution is -2.51. The number of aliphatic imine (C=N–C) groups is 1. The largest absolute Gasteiger partial charge is 0.480 e. The molecule has 2 saturated heterocycles. The monoisotopic (exact) mass is 440 g/mol. The summed E-state index contributed by atoms with van der Waals surface area (Å²) in [6.07, 6.45) is 6.02. The molecule has 3 aliphatic heterocycles. The highest BCUT2D eigenvalue weighted by molar-refractivity contribution is 14.1. The first-order chi connectivity index (χ1) is 11.5. The summed E-state index contributed by atoms with van der Waals surface area (Å²) in [6.45, 7) is 2.11. The molecule has 2 bridgehead atoms. The van der Waals surface area contributed by atoms with E-state index in [2.05, 4.69) is 46.5 Å². The number of alkyl halides is 1. The van der Waals surface area contributed by atoms with Gasteiger partial charge in [0.2, 0.25) is 0 Å². The fourth-order valence-corrected chi connectivity index (χ4v) is 4.63. The lowest BCUT2D eigenvalue weighted by Gasteiger charge is -2.42. The fraction of sp³-hybridized carbons (Fsp3) is 0.579. The molecule has 1 N–H and O–H groups in total. The average molecular weight is 440 g/mol. The Bertz CT molecular complexity index is 634. The number of carboxylic acid groups (broad SMARTS) is 1. The fourth-order valence-electron chi connectivity index (χ4n) is 4.63. The SMILES string of the molecule is CCI.CN1C2CCC1CC(C1(C(=O)O)C=Nc3ccccc31)C2. The predicted octanol–water partition coefficient (Wildman–Crippen LogP) is 4.04. The summed E-state index contributed by atoms with van der Waals surface area (Å²) in [5.74, 6) is -0.596. The van der Waals surface area contributed by atoms with Gasteiger partial charge in [-0.05, 0) is 49.1 Å². The van der Waals surface area contributed by atoms with Crippen molar-refractivity contribution in [2.45, 2.75) is 50.1 Å². The third-order valence-corrected chi connectivity index (χ3v) is 5.85. The van der Waals surface area contributed by atoms with E-state index in [1.54, 1.807) is 6.21 Å². The second kappa shape index (κ2) is 7.12. The van der Waals surface area contributed by atoms with Gasteiger partial charge < -0.3 is 10.0 Å². The Labute approximate surface area is 157 Å². The van der Waals surface area contributed by atoms with Gasteiger partial charge in [0.15, 0.2) is 0 Å². The number of rotatable bonds is 2. The molecular weight excluding hydrogens is 415 g/mol. The maximum absolute atomic E-state index is 12.2. The van der Waals surface area contributed by atoms with Crippen LogP contribution in [0.3, 0.4) is 0 Å². The Morgan fingerprint density at radius 1 is 1.33 bits per heavy atom. The van der Waals surface area contributed by atoms with Crippen LogP contribution in [0.1, 0.15) is 38.2 Å². The lowest BCUT2D eigenvalue weighted by atomic mass is 9.66. The second-order valence-electron chi connectivity index (χ2n) is 6.94. The number of nitrogens with zero attached hydrogens (tertiary/aromatic N) is 2. The van der Waals surface area contributed by atoms with Crippen LogP contribution in [0.5, 0.6) is 0 Å². The van der Waals surface area contributed by atoms with Crippen LogP contribution in [0.2, 0.25) is 0 Å². The number of hydrogen-bond acceptors (Lipinski definition) is 3. The maximum Gasteiger partial charge on any atom is 0.319 e. The van der Waals surface area contributed by atoms with Crippen molar-refractivity contribution in [3.63, 3.8) is 0 Å². The highest BCUT2D eigenvalue weighted by Gasteiger charge is 2.54. The Balaban J connectivity index is 0.000000526. The van der Waals surface area contributed by atoms with E-state index < -0.39 is 11.4 Å². The highest BCUT2D eigenvalue weighted by Crippen LogP contribution is 2.50. The van der Waals surface area contributed by atoms with Crippen molar-refractivity contribution in [1.82, 2.24) is 4.90 Å². The summed E-state index contributed by atoms with van der Waals surface area (Å²) in [4.78, 5) is 19.1. The molecule has 1 aromatic carbocycles. The first kappa shape index (κ1) is 17.9. The molecule has 24 heavy (non-hydrogen) atoms. The third kappa shape index (κ3) is 2.79. The number of fused-ring (bicyclic) bond motifs is 3. The van der Waals surface area contributed by atoms with E-state index in [1.807, 2.05) is 24.3 Å². The molecular formula is C19H25IN2O2. The van der Waals surface area contributed by atoms with Gasteiger partial charge in [-0.2, -0.15) is 0 Å². The van der Waals surface area contributed by atoms with Gasteiger partial charge in [0.1, 0.15) is 5.41 Å². The van der Waals surface area contributed by atoms with Gasteiger partial charge in [0, 0.05) is 23.9 Å². The number of piperidine rings is 1. The van der Waals surface area contributed by atoms with Gasteiger partial charge in [-0.1, -0.05) is 47.7 Å². The molecule has 4 nitrogen and oxygen atoms in total. The molecule has 3 unspecified atom stereocenters. The van der Waals surface area contributed by atoms with Gasteiger partial charge in [-0.25, -0.2) is 0 Å². The van der Waals surface area contributed by atoms with Crippen molar-refractivity contribution in [3.8, 4) is 0 Å². The van der Waals surface area contributed by atoms with Crippen molar-refractivity contribution >= 4 is 40.5 Å². The van der Waals surface area contributed by atoms with E-state index in [9.17, 15) is 9.90 Å². The van der Waals surface area contributed by atoms with Gasteiger partial charge in [0.05, 0.1) is 5.69 Å². The molecule has 0 saturated carbocycles. The van der Waals surface area contributed by atoms with E-state index in [4.69, 9.17) is 0 Å². The van der Waals surface area contributed by atoms with E-state index in [0.29, 0.717) is 12.1 Å². The molecule has 3 atom stereocenters. The van der Waals surface area contributed by atoms with Crippen molar-refractivity contribution in [2.75, 3.05) is 11.5 Å². The van der Waals surface area contributed by atoms with Crippen molar-refractivity contribution in [3.05, 3.63) is 29.8 Å². The summed E-state index contributed by atoms with van der Waals surface area (Å²) >= 11 is 2.29. The van der Waals surface area contributed by atoms with Gasteiger partial charge in [0.25, 0.3) is 0 Å². The Morgan fingerprint density at radius 3 is 2.50 bits per heavy atom. The lowest BCUT2D eigenvalue weighted by molar-refractivity contribution is -0.143. The molecule has 0 radical (unpaired) electrons. The Hall–Kier alpha value is -0.950. The van der Waals surface area contributed by atoms with E-state index in [0.717, 1.165) is 24.1 Å². The summed E-state index contributed by atoms with van der Waals surface area (Å²) < 4.78 is 1.22. The van der Waals surface area contributed by atoms with Crippen LogP contribution in [0.15, 0.2) is 29.3 Å². The molecule has 2 fully saturated rings. The van der Waals surface area contributed by atoms with Crippen LogP contribution >= 0.6 is 22.6 Å². The molecule has 3 aliphatic rings. The van der Waals surface area contributed by atoms with Crippen LogP contribution in [-0.2, 0) is 10.2 Å². The Kier molecular flexibility index (Phi) is 5.30. The first-order valence-corrected chi connectivity index (χ1v) is 10.2. The average Bonchev–Trinajstić information content (AvgIpc) is 3.02. The number of para-hydroxylation sites is 1. The zero-order chi connectivity index (χ0) is 17.3. The van der Waals surface area contributed by atoms with Crippen LogP contribution in [0, 0.1) is 5.92 Å². The zero-order valence-electron chi connectivity index (χ0n) is 14.3. The molecule has 0 spiro atoms. The first-order valence-electron chi connectivity index (χ1n) is 8.70. The standard InChI is InChI=1S/C17H20N2O2.C2H5I/c1-19-12-6-7-13(19)9-11(8-12)17(16(20)21)10-18-15-5-3-2-4-14(15)17;1-2-3/h2-5,10-13H,6-9H2,1H3,(H,20,21);2H2,1H3. The molecule has 0 aromatic heterocycles. The Morgan fingerprint density at radius 2 is 1.92 bits per heavy atom. The van der Waals surface area contributed by atoms with Crippen molar-refractivity contribution in [1.29, 1.82) is 0 Å². The van der Waals surface area contributed by atoms with E-state index in [1.165, 1.54) is 17.3 Å². The zero-order valence-corrected chi connectivity index (χ0v) is 16.4. The highest BCUT2D eigenvalue weighted by atomic mass is 127. The topological polar surface area (TPSA) is 52.9 Å². The molecule has 130 valence electrons. The molecule has 1 aromatic rings. The summed E-state index contributed by atoms with van der Waals surface area (Å²) in [7, 11) is 2.18. The number of hydrogen-bond donors (Lipinski definition) is 1. The summed E-state index contributed by atoms with van der Waals surface area (Å²) in [5, 5.41) is 10.0. The predicted molar refractivity (Wildman–Crippen MR) is 106 cm³/mol. The number of carbonyl (C=O) groups is 1. The number of carboxylic acids is 1. The molecule has 4 rings (SSSR count). The van der Waals surface area contributed by atoms with Crippen molar-refractivity contribution < 1.29 is 9.90 Å². The molecule has 5 heteroatoms. The van der Waals surface area contributed by atoms with Crippen molar-refractivity contribution in [2.24, 2.45) is 10.9 Å². The number of halogens is 1. The summed E-state index contributed by atoms with van der Waals surface area (Å²) in [6, 6.07) is 8.77. The summed E-state index contributed by atoms with van der Waals surface area (Å²) in [5.41, 5.74) is 0.788. The quantitative estimate of drug-likeness (QED) is 0.558. The second-order valence-corrected chi connectivity index (χ2v) is 8.46. The molecule has 0 aliphatic carbocycles. The van der Waals surface area contributed by atoms with Crippen LogP contribution < -0.4 is 0 Å². The minimum Gasteiger partial charge on any atom is -0.480 e. The maximum atomic E-state index is 12.2. The van der Waals surface area contributed by atoms with Crippen LogP contribution in [0.25, 0.3) is 0 Å².